The summed E-state index contributed by atoms with van der Waals surface area (Å²) in [7, 11) is 0. The Morgan fingerprint density at radius 2 is 0.633 bits per heavy atom. The van der Waals surface area contributed by atoms with Crippen LogP contribution in [0.15, 0.2) is 343 Å². The molecule has 0 aliphatic carbocycles. The minimum atomic E-state index is 0.810. The molecule has 0 spiro atoms. The van der Waals surface area contributed by atoms with Crippen LogP contribution in [-0.4, -0.2) is 24.9 Å². The van der Waals surface area contributed by atoms with Crippen LogP contribution in [0.25, 0.3) is 198 Å². The highest BCUT2D eigenvalue weighted by Gasteiger charge is 2.20. The highest BCUT2D eigenvalue weighted by atomic mass is 16.3. The molecule has 0 bridgehead atoms. The molecule has 0 unspecified atom stereocenters. The van der Waals surface area contributed by atoms with Gasteiger partial charge in [0.15, 0.2) is 0 Å². The molecule has 0 N–H and O–H groups in total. The van der Waals surface area contributed by atoms with Crippen LogP contribution in [0.3, 0.4) is 0 Å². The van der Waals surface area contributed by atoms with E-state index in [2.05, 4.69) is 288 Å². The van der Waals surface area contributed by atoms with E-state index in [1.165, 1.54) is 54.6 Å². The first-order valence-electron chi connectivity index (χ1n) is 33.0. The Bertz CT molecular complexity index is 6490. The van der Waals surface area contributed by atoms with Gasteiger partial charge in [-0.1, -0.05) is 224 Å². The second kappa shape index (κ2) is 23.4. The first kappa shape index (κ1) is 56.3. The maximum Gasteiger partial charge on any atom is 0.143 e. The van der Waals surface area contributed by atoms with Gasteiger partial charge in [-0.3, -0.25) is 15.0 Å². The molecule has 98 heavy (non-hydrogen) atoms. The summed E-state index contributed by atoms with van der Waals surface area (Å²) in [6.45, 7) is 0. The minimum Gasteiger partial charge on any atom is -0.455 e. The van der Waals surface area contributed by atoms with Crippen LogP contribution in [0.2, 0.25) is 0 Å². The topological polar surface area (TPSA) is 90.7 Å². The first-order chi connectivity index (χ1) is 48.5. The Labute approximate surface area is 562 Å². The van der Waals surface area contributed by atoms with E-state index < -0.39 is 0 Å². The van der Waals surface area contributed by atoms with Crippen LogP contribution in [0.1, 0.15) is 0 Å². The molecule has 0 aliphatic heterocycles. The van der Waals surface area contributed by atoms with E-state index >= 15 is 0 Å². The first-order valence-corrected chi connectivity index (χ1v) is 33.0. The van der Waals surface area contributed by atoms with Gasteiger partial charge in [-0.05, 0) is 179 Å². The largest absolute Gasteiger partial charge is 0.455 e. The molecular formula is C91H55N5O2. The summed E-state index contributed by atoms with van der Waals surface area (Å²) < 4.78 is 13.4. The predicted octanol–water partition coefficient (Wildman–Crippen LogP) is 24.4. The average Bonchev–Trinajstić information content (AvgIpc) is 1.54. The summed E-state index contributed by atoms with van der Waals surface area (Å²) in [6.07, 6.45) is 5.42. The van der Waals surface area contributed by atoms with Crippen LogP contribution in [0.4, 0.5) is 0 Å². The van der Waals surface area contributed by atoms with Crippen LogP contribution < -0.4 is 0 Å². The molecule has 13 aromatic carbocycles. The van der Waals surface area contributed by atoms with E-state index in [4.69, 9.17) is 18.8 Å². The molecule has 7 nitrogen and oxygen atoms in total. The summed E-state index contributed by atoms with van der Waals surface area (Å²) >= 11 is 0. The molecule has 7 aromatic heterocycles. The normalized spacial score (nSPS) is 11.7. The highest BCUT2D eigenvalue weighted by Crippen LogP contribution is 2.45. The van der Waals surface area contributed by atoms with Gasteiger partial charge in [-0.15, -0.1) is 0 Å². The van der Waals surface area contributed by atoms with Gasteiger partial charge in [-0.25, -0.2) is 9.97 Å². The Morgan fingerprint density at radius 3 is 1.20 bits per heavy atom. The van der Waals surface area contributed by atoms with Gasteiger partial charge in [0.05, 0.1) is 39.5 Å². The molecular weight excluding hydrogens is 1200 g/mol. The summed E-state index contributed by atoms with van der Waals surface area (Å²) in [5.74, 6) is 0. The van der Waals surface area contributed by atoms with Crippen molar-refractivity contribution in [2.75, 3.05) is 0 Å². The van der Waals surface area contributed by atoms with Crippen molar-refractivity contribution in [1.29, 1.82) is 0 Å². The number of furan rings is 2. The van der Waals surface area contributed by atoms with Crippen molar-refractivity contribution in [3.63, 3.8) is 0 Å². The monoisotopic (exact) mass is 1250 g/mol. The number of rotatable bonds is 8. The van der Waals surface area contributed by atoms with Crippen molar-refractivity contribution in [3.05, 3.63) is 334 Å². The summed E-state index contributed by atoms with van der Waals surface area (Å²) in [5, 5.41) is 16.2. The molecule has 0 atom stereocenters. The average molecular weight is 1250 g/mol. The zero-order valence-electron chi connectivity index (χ0n) is 52.8. The van der Waals surface area contributed by atoms with Crippen molar-refractivity contribution in [1.82, 2.24) is 24.9 Å². The zero-order valence-corrected chi connectivity index (χ0v) is 52.8. The van der Waals surface area contributed by atoms with Gasteiger partial charge in [0.1, 0.15) is 22.3 Å². The summed E-state index contributed by atoms with van der Waals surface area (Å²) in [6, 6.07) is 111. The van der Waals surface area contributed by atoms with E-state index in [-0.39, 0.29) is 0 Å². The summed E-state index contributed by atoms with van der Waals surface area (Å²) in [5.41, 5.74) is 22.2. The van der Waals surface area contributed by atoms with E-state index in [1.54, 1.807) is 12.4 Å². The van der Waals surface area contributed by atoms with E-state index in [0.717, 1.165) is 144 Å². The lowest BCUT2D eigenvalue weighted by atomic mass is 9.92. The van der Waals surface area contributed by atoms with Gasteiger partial charge >= 0.3 is 0 Å². The van der Waals surface area contributed by atoms with Crippen molar-refractivity contribution in [3.8, 4) is 89.7 Å². The van der Waals surface area contributed by atoms with E-state index in [9.17, 15) is 0 Å². The summed E-state index contributed by atoms with van der Waals surface area (Å²) in [4.78, 5) is 23.8. The molecule has 0 fully saturated rings. The van der Waals surface area contributed by atoms with Gasteiger partial charge in [0.25, 0.3) is 0 Å². The second-order valence-corrected chi connectivity index (χ2v) is 25.0. The molecule has 20 rings (SSSR count). The highest BCUT2D eigenvalue weighted by molar-refractivity contribution is 6.22. The van der Waals surface area contributed by atoms with E-state index in [1.807, 2.05) is 48.7 Å². The van der Waals surface area contributed by atoms with Crippen LogP contribution >= 0.6 is 0 Å². The van der Waals surface area contributed by atoms with E-state index in [0.29, 0.717) is 0 Å². The number of fused-ring (bicyclic) bond motifs is 15. The van der Waals surface area contributed by atoms with Gasteiger partial charge in [0.2, 0.25) is 0 Å². The van der Waals surface area contributed by atoms with Gasteiger partial charge < -0.3 is 8.83 Å². The molecule has 0 radical (unpaired) electrons. The Kier molecular flexibility index (Phi) is 13.4. The fraction of sp³-hybridized carbons (Fsp3) is 0. The molecule has 20 aromatic rings. The molecule has 7 heteroatoms. The van der Waals surface area contributed by atoms with Crippen molar-refractivity contribution in [2.24, 2.45) is 0 Å². The lowest BCUT2D eigenvalue weighted by Gasteiger charge is -2.11. The van der Waals surface area contributed by atoms with Crippen LogP contribution in [-0.2, 0) is 0 Å². The molecule has 0 saturated heterocycles. The number of aromatic nitrogens is 5. The fourth-order valence-electron chi connectivity index (χ4n) is 14.5. The minimum absolute atomic E-state index is 0.810. The van der Waals surface area contributed by atoms with Crippen LogP contribution in [0, 0.1) is 0 Å². The smallest absolute Gasteiger partial charge is 0.143 e. The van der Waals surface area contributed by atoms with Crippen molar-refractivity contribution < 1.29 is 8.83 Å². The Hall–Kier alpha value is -13.2. The van der Waals surface area contributed by atoms with Crippen molar-refractivity contribution >= 4 is 109 Å². The predicted molar refractivity (Wildman–Crippen MR) is 405 cm³/mol. The Morgan fingerprint density at radius 1 is 0.194 bits per heavy atom. The number of hydrogen-bond donors (Lipinski definition) is 0. The quantitative estimate of drug-likeness (QED) is 0.140. The lowest BCUT2D eigenvalue weighted by Crippen LogP contribution is -1.93. The number of nitrogens with zero attached hydrogens (tertiary/aromatic N) is 5. The maximum absolute atomic E-state index is 6.69. The molecule has 0 saturated carbocycles. The molecule has 0 amide bonds. The number of benzene rings is 13. The third kappa shape index (κ3) is 9.79. The SMILES string of the molecule is c1cc(-c2ccc3c(c2)oc2c4ccccc4c(-c4cccc5ccccc45)cc32)cc(-c2ccc3ccc4cccnc4c3n2)c1.c1ccc(-c2cc(-c3ccc(-c4ccc5c(c4)oc4c6ccccc6c(-c6cccc7ccccc67)cc54)cc3)cc(-c3ccccn3)n2)nc1. The number of hydrogen-bond acceptors (Lipinski definition) is 7. The second-order valence-electron chi connectivity index (χ2n) is 25.0. The molecule has 0 aliphatic rings. The standard InChI is InChI=1S/C47H29N3O.C44H26N2O/c1-2-12-35-32(10-1)11-9-15-36(35)40-29-41-38-23-22-33(28-46(38)51-47(41)39-14-4-3-13-37(39)40)30-18-20-31(21-19-30)34-26-44(42-16-5-7-24-48-42)50-45(27-34)43-17-6-8-25-49-43;1-2-13-33-27(8-1)9-6-16-34(33)38-26-39-36-21-19-31(25-41(36)47-44(39)37-15-4-3-14-35(37)38)30-10-5-11-32(24-30)40-22-20-29-18-17-28-12-7-23-45-42(28)43(29)46-40/h1-29H;1-26H. The van der Waals surface area contributed by atoms with Gasteiger partial charge in [0, 0.05) is 67.2 Å². The van der Waals surface area contributed by atoms with Crippen molar-refractivity contribution in [2.45, 2.75) is 0 Å². The molecule has 456 valence electrons. The zero-order chi connectivity index (χ0) is 64.6. The third-order valence-corrected chi connectivity index (χ3v) is 19.3. The van der Waals surface area contributed by atoms with Crippen LogP contribution in [0.5, 0.6) is 0 Å². The maximum atomic E-state index is 6.69. The Balaban J connectivity index is 0.000000138. The van der Waals surface area contributed by atoms with Gasteiger partial charge in [-0.2, -0.15) is 0 Å². The lowest BCUT2D eigenvalue weighted by molar-refractivity contribution is 0.672. The number of pyridine rings is 5. The fourth-order valence-corrected chi connectivity index (χ4v) is 14.5. The third-order valence-electron chi connectivity index (χ3n) is 19.3. The molecule has 7 heterocycles.